The van der Waals surface area contributed by atoms with Crippen LogP contribution in [0.2, 0.25) is 0 Å². The molecule has 0 N–H and O–H groups in total. The molecule has 0 aromatic rings. The monoisotopic (exact) mass is 167 g/mol. The first-order valence-corrected chi connectivity index (χ1v) is 4.15. The summed E-state index contributed by atoms with van der Waals surface area (Å²) in [7, 11) is 0. The standard InChI is InChI=1S/C9H13NO2/c11-8-6-4-2-1-3-5-7-10-9-12/h6H,1-5,7H2. The van der Waals surface area contributed by atoms with E-state index in [4.69, 9.17) is 0 Å². The van der Waals surface area contributed by atoms with Gasteiger partial charge in [-0.25, -0.2) is 14.6 Å². The van der Waals surface area contributed by atoms with E-state index in [0.29, 0.717) is 6.54 Å². The Bertz CT molecular complexity index is 167. The van der Waals surface area contributed by atoms with E-state index in [1.807, 2.05) is 0 Å². The molecule has 12 heavy (non-hydrogen) atoms. The van der Waals surface area contributed by atoms with Crippen LogP contribution in [0.5, 0.6) is 0 Å². The van der Waals surface area contributed by atoms with E-state index < -0.39 is 0 Å². The van der Waals surface area contributed by atoms with E-state index in [2.05, 4.69) is 4.99 Å². The molecule has 66 valence electrons. The molecule has 0 saturated carbocycles. The Balaban J connectivity index is 3.00. The van der Waals surface area contributed by atoms with E-state index in [1.54, 1.807) is 5.94 Å². The van der Waals surface area contributed by atoms with Gasteiger partial charge in [-0.05, 0) is 25.3 Å². The lowest BCUT2D eigenvalue weighted by Crippen LogP contribution is -1.81. The van der Waals surface area contributed by atoms with Gasteiger partial charge in [-0.2, -0.15) is 0 Å². The molecule has 0 aliphatic rings. The van der Waals surface area contributed by atoms with Crippen molar-refractivity contribution in [3.8, 4) is 0 Å². The fourth-order valence-corrected chi connectivity index (χ4v) is 0.895. The summed E-state index contributed by atoms with van der Waals surface area (Å²) in [5.41, 5.74) is 0. The lowest BCUT2D eigenvalue weighted by atomic mass is 10.1. The van der Waals surface area contributed by atoms with Crippen molar-refractivity contribution in [2.24, 2.45) is 4.99 Å². The van der Waals surface area contributed by atoms with Gasteiger partial charge in [-0.1, -0.05) is 12.8 Å². The molecule has 0 aromatic heterocycles. The van der Waals surface area contributed by atoms with Gasteiger partial charge in [0.25, 0.3) is 0 Å². The molecule has 0 unspecified atom stereocenters. The van der Waals surface area contributed by atoms with Gasteiger partial charge in [-0.15, -0.1) is 0 Å². The van der Waals surface area contributed by atoms with Crippen LogP contribution >= 0.6 is 0 Å². The Morgan fingerprint density at radius 3 is 2.50 bits per heavy atom. The van der Waals surface area contributed by atoms with Gasteiger partial charge in [0.2, 0.25) is 6.08 Å². The van der Waals surface area contributed by atoms with Gasteiger partial charge >= 0.3 is 0 Å². The summed E-state index contributed by atoms with van der Waals surface area (Å²) in [6.07, 6.45) is 7.88. The summed E-state index contributed by atoms with van der Waals surface area (Å²) in [5.74, 6) is 1.73. The van der Waals surface area contributed by atoms with Gasteiger partial charge in [0.1, 0.15) is 5.94 Å². The number of aliphatic imine (C=N–C) groups is 1. The Kier molecular flexibility index (Phi) is 8.87. The highest BCUT2D eigenvalue weighted by atomic mass is 16.1. The smallest absolute Gasteiger partial charge is 0.234 e. The molecule has 0 atom stereocenters. The molecule has 0 rings (SSSR count). The maximum atomic E-state index is 9.74. The zero-order valence-electron chi connectivity index (χ0n) is 7.08. The molecule has 0 aliphatic heterocycles. The molecule has 0 fully saturated rings. The zero-order valence-corrected chi connectivity index (χ0v) is 7.08. The number of rotatable bonds is 7. The van der Waals surface area contributed by atoms with E-state index in [1.165, 1.54) is 12.2 Å². The molecular formula is C9H13NO2. The molecule has 0 saturated heterocycles. The minimum Gasteiger partial charge on any atom is -0.234 e. The normalized spacial score (nSPS) is 8.33. The van der Waals surface area contributed by atoms with Crippen molar-refractivity contribution in [2.45, 2.75) is 32.1 Å². The van der Waals surface area contributed by atoms with Gasteiger partial charge < -0.3 is 0 Å². The van der Waals surface area contributed by atoms with Crippen LogP contribution in [0.4, 0.5) is 0 Å². The average Bonchev–Trinajstić information content (AvgIpc) is 2.10. The Morgan fingerprint density at radius 1 is 1.08 bits per heavy atom. The first-order valence-electron chi connectivity index (χ1n) is 4.15. The van der Waals surface area contributed by atoms with Gasteiger partial charge in [-0.3, -0.25) is 0 Å². The lowest BCUT2D eigenvalue weighted by molar-refractivity contribution is 0.560. The van der Waals surface area contributed by atoms with Crippen molar-refractivity contribution in [3.63, 3.8) is 0 Å². The highest BCUT2D eigenvalue weighted by Crippen LogP contribution is 2.02. The third-order valence-electron chi connectivity index (χ3n) is 1.52. The van der Waals surface area contributed by atoms with Crippen molar-refractivity contribution >= 4 is 12.0 Å². The largest absolute Gasteiger partial charge is 0.234 e. The fraction of sp³-hybridized carbons (Fsp3) is 0.667. The molecule has 0 aromatic carbocycles. The Hall–Kier alpha value is -1.17. The number of hydrogen-bond acceptors (Lipinski definition) is 3. The second-order valence-corrected chi connectivity index (χ2v) is 2.50. The third-order valence-corrected chi connectivity index (χ3v) is 1.52. The summed E-state index contributed by atoms with van der Waals surface area (Å²) in [4.78, 5) is 22.8. The third kappa shape index (κ3) is 8.83. The van der Waals surface area contributed by atoms with Crippen molar-refractivity contribution in [1.29, 1.82) is 0 Å². The number of unbranched alkanes of at least 4 members (excludes halogenated alkanes) is 4. The number of hydrogen-bond donors (Lipinski definition) is 0. The zero-order chi connectivity index (χ0) is 9.07. The summed E-state index contributed by atoms with van der Waals surface area (Å²) in [6.45, 7) is 0.576. The fourth-order valence-electron chi connectivity index (χ4n) is 0.895. The van der Waals surface area contributed by atoms with Crippen molar-refractivity contribution in [2.75, 3.05) is 6.54 Å². The van der Waals surface area contributed by atoms with E-state index >= 15 is 0 Å². The molecule has 3 heteroatoms. The van der Waals surface area contributed by atoms with E-state index in [9.17, 15) is 9.59 Å². The molecule has 0 spiro atoms. The number of allylic oxidation sites excluding steroid dienone is 1. The first kappa shape index (κ1) is 10.8. The van der Waals surface area contributed by atoms with Gasteiger partial charge in [0.05, 0.1) is 6.54 Å². The van der Waals surface area contributed by atoms with Crippen molar-refractivity contribution < 1.29 is 9.59 Å². The van der Waals surface area contributed by atoms with Crippen LogP contribution in [0.3, 0.4) is 0 Å². The topological polar surface area (TPSA) is 46.5 Å². The SMILES string of the molecule is O=C=CCCCCCCN=C=O. The Labute approximate surface area is 72.2 Å². The number of nitrogens with zero attached hydrogens (tertiary/aromatic N) is 1. The van der Waals surface area contributed by atoms with Crippen LogP contribution in [0, 0.1) is 0 Å². The maximum Gasteiger partial charge on any atom is 0.234 e. The number of carbonyl (C=O) groups excluding carboxylic acids is 2. The van der Waals surface area contributed by atoms with Crippen molar-refractivity contribution in [3.05, 3.63) is 6.08 Å². The minimum atomic E-state index is 0.576. The van der Waals surface area contributed by atoms with Crippen LogP contribution in [0.25, 0.3) is 0 Å². The van der Waals surface area contributed by atoms with Crippen LogP contribution < -0.4 is 0 Å². The second kappa shape index (κ2) is 9.83. The summed E-state index contributed by atoms with van der Waals surface area (Å²) >= 11 is 0. The Morgan fingerprint density at radius 2 is 1.83 bits per heavy atom. The summed E-state index contributed by atoms with van der Waals surface area (Å²) in [5, 5.41) is 0. The highest BCUT2D eigenvalue weighted by molar-refractivity contribution is 5.44. The molecular weight excluding hydrogens is 154 g/mol. The van der Waals surface area contributed by atoms with Crippen LogP contribution in [-0.2, 0) is 9.59 Å². The molecule has 3 nitrogen and oxygen atoms in total. The van der Waals surface area contributed by atoms with E-state index in [0.717, 1.165) is 32.1 Å². The summed E-state index contributed by atoms with van der Waals surface area (Å²) in [6, 6.07) is 0. The highest BCUT2D eigenvalue weighted by Gasteiger charge is 1.87. The quantitative estimate of drug-likeness (QED) is 0.250. The summed E-state index contributed by atoms with van der Waals surface area (Å²) < 4.78 is 0. The van der Waals surface area contributed by atoms with Crippen LogP contribution in [0.1, 0.15) is 32.1 Å². The average molecular weight is 167 g/mol. The van der Waals surface area contributed by atoms with Gasteiger partial charge in [0.15, 0.2) is 0 Å². The molecule has 0 radical (unpaired) electrons. The second-order valence-electron chi connectivity index (χ2n) is 2.50. The molecule has 0 aliphatic carbocycles. The predicted molar refractivity (Wildman–Crippen MR) is 46.3 cm³/mol. The molecule has 0 heterocycles. The lowest BCUT2D eigenvalue weighted by Gasteiger charge is -1.94. The van der Waals surface area contributed by atoms with Crippen LogP contribution in [0.15, 0.2) is 11.1 Å². The first-order chi connectivity index (χ1) is 5.91. The number of isocyanates is 1. The maximum absolute atomic E-state index is 9.74. The minimum absolute atomic E-state index is 0.576. The van der Waals surface area contributed by atoms with Gasteiger partial charge in [0, 0.05) is 0 Å². The molecule has 0 amide bonds. The van der Waals surface area contributed by atoms with E-state index in [-0.39, 0.29) is 0 Å². The van der Waals surface area contributed by atoms with Crippen LogP contribution in [-0.4, -0.2) is 18.6 Å². The van der Waals surface area contributed by atoms with Crippen molar-refractivity contribution in [1.82, 2.24) is 0 Å². The molecule has 0 bridgehead atoms. The predicted octanol–water partition coefficient (Wildman–Crippen LogP) is 1.66.